The van der Waals surface area contributed by atoms with E-state index in [4.69, 9.17) is 20.9 Å². The number of nitrogen functional groups attached to an aromatic ring is 2. The number of benzene rings is 3. The van der Waals surface area contributed by atoms with Crippen LogP contribution in [0.4, 0.5) is 11.4 Å². The first-order chi connectivity index (χ1) is 12.1. The van der Waals surface area contributed by atoms with Gasteiger partial charge in [-0.1, -0.05) is 61.5 Å². The van der Waals surface area contributed by atoms with Gasteiger partial charge in [0.15, 0.2) is 0 Å². The fourth-order valence-corrected chi connectivity index (χ4v) is 2.68. The average Bonchev–Trinajstić information content (AvgIpc) is 2.65. The van der Waals surface area contributed by atoms with Crippen LogP contribution in [0.5, 0.6) is 11.5 Å². The molecule has 0 radical (unpaired) electrons. The molecule has 0 fully saturated rings. The Bertz CT molecular complexity index is 787. The van der Waals surface area contributed by atoms with Gasteiger partial charge < -0.3 is 20.9 Å². The summed E-state index contributed by atoms with van der Waals surface area (Å²) < 4.78 is 12.6. The lowest BCUT2D eigenvalue weighted by Gasteiger charge is -2.35. The van der Waals surface area contributed by atoms with Crippen molar-refractivity contribution in [3.63, 3.8) is 0 Å². The SMILES string of the molecule is CCC(Oc1ccccc1N)(Oc1ccccc1N)c1ccccc1. The van der Waals surface area contributed by atoms with Crippen molar-refractivity contribution in [3.05, 3.63) is 84.4 Å². The molecule has 4 heteroatoms. The zero-order chi connectivity index (χ0) is 17.7. The van der Waals surface area contributed by atoms with Crippen LogP contribution in [0.15, 0.2) is 78.9 Å². The first-order valence-electron chi connectivity index (χ1n) is 8.27. The average molecular weight is 334 g/mol. The van der Waals surface area contributed by atoms with E-state index in [-0.39, 0.29) is 0 Å². The Kier molecular flexibility index (Phi) is 4.80. The fraction of sp³-hybridized carbons (Fsp3) is 0.143. The molecule has 0 saturated heterocycles. The fourth-order valence-electron chi connectivity index (χ4n) is 2.68. The van der Waals surface area contributed by atoms with Gasteiger partial charge in [0.05, 0.1) is 11.4 Å². The summed E-state index contributed by atoms with van der Waals surface area (Å²) in [7, 11) is 0. The van der Waals surface area contributed by atoms with Gasteiger partial charge in [-0.25, -0.2) is 0 Å². The molecule has 3 aromatic carbocycles. The molecule has 25 heavy (non-hydrogen) atoms. The van der Waals surface area contributed by atoms with Crippen molar-refractivity contribution < 1.29 is 9.47 Å². The second-order valence-electron chi connectivity index (χ2n) is 5.75. The molecule has 4 nitrogen and oxygen atoms in total. The zero-order valence-corrected chi connectivity index (χ0v) is 14.2. The molecule has 0 bridgehead atoms. The molecule has 0 spiro atoms. The molecule has 0 saturated carbocycles. The molecule has 0 heterocycles. The minimum absolute atomic E-state index is 0.556. The summed E-state index contributed by atoms with van der Waals surface area (Å²) in [6, 6.07) is 24.6. The van der Waals surface area contributed by atoms with Crippen LogP contribution in [0.2, 0.25) is 0 Å². The molecular weight excluding hydrogens is 312 g/mol. The summed E-state index contributed by atoms with van der Waals surface area (Å²) in [6.07, 6.45) is 0.569. The van der Waals surface area contributed by atoms with Crippen LogP contribution in [0.25, 0.3) is 0 Å². The van der Waals surface area contributed by atoms with Crippen molar-refractivity contribution in [3.8, 4) is 11.5 Å². The third-order valence-electron chi connectivity index (χ3n) is 4.07. The predicted molar refractivity (Wildman–Crippen MR) is 101 cm³/mol. The van der Waals surface area contributed by atoms with Crippen molar-refractivity contribution >= 4 is 11.4 Å². The van der Waals surface area contributed by atoms with E-state index in [1.807, 2.05) is 73.7 Å². The van der Waals surface area contributed by atoms with Crippen LogP contribution in [-0.4, -0.2) is 0 Å². The van der Waals surface area contributed by atoms with E-state index in [2.05, 4.69) is 0 Å². The Balaban J connectivity index is 2.07. The summed E-state index contributed by atoms with van der Waals surface area (Å²) in [5.41, 5.74) is 14.2. The highest BCUT2D eigenvalue weighted by Gasteiger charge is 2.36. The first-order valence-corrected chi connectivity index (χ1v) is 8.27. The Morgan fingerprint density at radius 3 is 1.56 bits per heavy atom. The van der Waals surface area contributed by atoms with Crippen molar-refractivity contribution in [2.75, 3.05) is 11.5 Å². The van der Waals surface area contributed by atoms with Gasteiger partial charge in [0.1, 0.15) is 11.5 Å². The minimum atomic E-state index is -1.04. The summed E-state index contributed by atoms with van der Waals surface area (Å²) >= 11 is 0. The number of anilines is 2. The molecule has 0 unspecified atom stereocenters. The molecule has 0 atom stereocenters. The number of hydrogen-bond donors (Lipinski definition) is 2. The third-order valence-corrected chi connectivity index (χ3v) is 4.07. The van der Waals surface area contributed by atoms with Gasteiger partial charge >= 0.3 is 0 Å². The van der Waals surface area contributed by atoms with Crippen molar-refractivity contribution in [2.24, 2.45) is 0 Å². The van der Waals surface area contributed by atoms with Gasteiger partial charge in [0, 0.05) is 12.0 Å². The van der Waals surface area contributed by atoms with E-state index in [9.17, 15) is 0 Å². The van der Waals surface area contributed by atoms with Gasteiger partial charge in [0.25, 0.3) is 5.79 Å². The second kappa shape index (κ2) is 7.18. The highest BCUT2D eigenvalue weighted by atomic mass is 16.7. The van der Waals surface area contributed by atoms with Gasteiger partial charge in [-0.3, -0.25) is 0 Å². The number of rotatable bonds is 6. The summed E-state index contributed by atoms with van der Waals surface area (Å²) in [5, 5.41) is 0. The highest BCUT2D eigenvalue weighted by Crippen LogP contribution is 2.37. The monoisotopic (exact) mass is 334 g/mol. The Hall–Kier alpha value is -3.14. The van der Waals surface area contributed by atoms with E-state index < -0.39 is 5.79 Å². The topological polar surface area (TPSA) is 70.5 Å². The smallest absolute Gasteiger partial charge is 0.277 e. The minimum Gasteiger partial charge on any atom is -0.446 e. The molecule has 3 rings (SSSR count). The maximum Gasteiger partial charge on any atom is 0.277 e. The quantitative estimate of drug-likeness (QED) is 0.511. The van der Waals surface area contributed by atoms with E-state index in [0.29, 0.717) is 29.3 Å². The molecule has 0 aliphatic carbocycles. The number of nitrogens with two attached hydrogens (primary N) is 2. The van der Waals surface area contributed by atoms with Crippen LogP contribution in [0.3, 0.4) is 0 Å². The highest BCUT2D eigenvalue weighted by molar-refractivity contribution is 5.54. The lowest BCUT2D eigenvalue weighted by molar-refractivity contribution is -0.123. The summed E-state index contributed by atoms with van der Waals surface area (Å²) in [6.45, 7) is 2.01. The van der Waals surface area contributed by atoms with Crippen LogP contribution in [-0.2, 0) is 5.79 Å². The van der Waals surface area contributed by atoms with Crippen LogP contribution < -0.4 is 20.9 Å². The molecule has 128 valence electrons. The van der Waals surface area contributed by atoms with Crippen LogP contribution in [0, 0.1) is 0 Å². The molecular formula is C21H22N2O2. The maximum atomic E-state index is 6.32. The number of para-hydroxylation sites is 4. The molecule has 0 aliphatic rings. The van der Waals surface area contributed by atoms with E-state index in [1.165, 1.54) is 0 Å². The Morgan fingerprint density at radius 1 is 0.680 bits per heavy atom. The molecule has 4 N–H and O–H groups in total. The molecule has 0 aliphatic heterocycles. The Labute approximate surface area is 148 Å². The van der Waals surface area contributed by atoms with Crippen molar-refractivity contribution in [2.45, 2.75) is 19.1 Å². The van der Waals surface area contributed by atoms with Crippen molar-refractivity contribution in [1.82, 2.24) is 0 Å². The standard InChI is InChI=1S/C21H22N2O2/c1-2-21(16-10-4-3-5-11-16,24-19-14-8-6-12-17(19)22)25-20-15-9-7-13-18(20)23/h3-15H,2,22-23H2,1H3. The summed E-state index contributed by atoms with van der Waals surface area (Å²) in [4.78, 5) is 0. The summed E-state index contributed by atoms with van der Waals surface area (Å²) in [5.74, 6) is 0.108. The van der Waals surface area contributed by atoms with Gasteiger partial charge in [-0.15, -0.1) is 0 Å². The number of hydrogen-bond acceptors (Lipinski definition) is 4. The second-order valence-corrected chi connectivity index (χ2v) is 5.75. The largest absolute Gasteiger partial charge is 0.446 e. The molecule has 0 amide bonds. The number of ether oxygens (including phenoxy) is 2. The predicted octanol–water partition coefficient (Wildman–Crippen LogP) is 4.57. The van der Waals surface area contributed by atoms with Crippen molar-refractivity contribution in [1.29, 1.82) is 0 Å². The van der Waals surface area contributed by atoms with Crippen LogP contribution in [0.1, 0.15) is 18.9 Å². The van der Waals surface area contributed by atoms with E-state index in [0.717, 1.165) is 5.56 Å². The van der Waals surface area contributed by atoms with E-state index >= 15 is 0 Å². The maximum absolute atomic E-state index is 6.32. The third kappa shape index (κ3) is 3.53. The first kappa shape index (κ1) is 16.7. The normalized spacial score (nSPS) is 11.1. The van der Waals surface area contributed by atoms with Crippen LogP contribution >= 0.6 is 0 Å². The lowest BCUT2D eigenvalue weighted by atomic mass is 10.0. The zero-order valence-electron chi connectivity index (χ0n) is 14.2. The van der Waals surface area contributed by atoms with Gasteiger partial charge in [0.2, 0.25) is 0 Å². The van der Waals surface area contributed by atoms with Gasteiger partial charge in [-0.2, -0.15) is 0 Å². The van der Waals surface area contributed by atoms with E-state index in [1.54, 1.807) is 12.1 Å². The lowest BCUT2D eigenvalue weighted by Crippen LogP contribution is -2.39. The van der Waals surface area contributed by atoms with Gasteiger partial charge in [-0.05, 0) is 24.3 Å². The molecule has 0 aromatic heterocycles. The molecule has 3 aromatic rings. The Morgan fingerprint density at radius 2 is 1.12 bits per heavy atom.